The average Bonchev–Trinajstić information content (AvgIpc) is 3.19. The summed E-state index contributed by atoms with van der Waals surface area (Å²) in [5, 5.41) is 1.97. The second kappa shape index (κ2) is 6.30. The lowest BCUT2D eigenvalue weighted by Crippen LogP contribution is -2.38. The van der Waals surface area contributed by atoms with Gasteiger partial charge in [-0.15, -0.1) is 11.3 Å². The van der Waals surface area contributed by atoms with E-state index >= 15 is 0 Å². The SMILES string of the molecule is O=S(=O)(NCC1(c2cccs2)CCCC1)c1cc(F)ccc1F. The van der Waals surface area contributed by atoms with Gasteiger partial charge >= 0.3 is 0 Å². The molecular formula is C16H17F2NO2S2. The fourth-order valence-corrected chi connectivity index (χ4v) is 5.34. The average molecular weight is 357 g/mol. The molecule has 1 heterocycles. The van der Waals surface area contributed by atoms with Crippen LogP contribution < -0.4 is 4.72 Å². The van der Waals surface area contributed by atoms with Gasteiger partial charge in [-0.25, -0.2) is 21.9 Å². The summed E-state index contributed by atoms with van der Waals surface area (Å²) < 4.78 is 54.2. The fraction of sp³-hybridized carbons (Fsp3) is 0.375. The van der Waals surface area contributed by atoms with E-state index in [1.165, 1.54) is 0 Å². The molecule has 0 amide bonds. The van der Waals surface area contributed by atoms with Crippen LogP contribution in [0.3, 0.4) is 0 Å². The van der Waals surface area contributed by atoms with Crippen LogP contribution in [-0.4, -0.2) is 15.0 Å². The van der Waals surface area contributed by atoms with Gasteiger partial charge in [-0.05, 0) is 42.5 Å². The molecule has 7 heteroatoms. The van der Waals surface area contributed by atoms with Gasteiger partial charge in [-0.1, -0.05) is 18.9 Å². The van der Waals surface area contributed by atoms with E-state index < -0.39 is 26.6 Å². The topological polar surface area (TPSA) is 46.2 Å². The smallest absolute Gasteiger partial charge is 0.210 e. The summed E-state index contributed by atoms with van der Waals surface area (Å²) in [6.45, 7) is 0.200. The van der Waals surface area contributed by atoms with Gasteiger partial charge < -0.3 is 0 Å². The molecule has 0 spiro atoms. The van der Waals surface area contributed by atoms with E-state index in [0.717, 1.165) is 42.7 Å². The number of nitrogens with one attached hydrogen (secondary N) is 1. The zero-order valence-electron chi connectivity index (χ0n) is 12.4. The molecule has 3 nitrogen and oxygen atoms in total. The second-order valence-corrected chi connectivity index (χ2v) is 8.55. The highest BCUT2D eigenvalue weighted by molar-refractivity contribution is 7.89. The molecule has 1 aromatic carbocycles. The van der Waals surface area contributed by atoms with E-state index in [0.29, 0.717) is 6.07 Å². The maximum absolute atomic E-state index is 13.8. The molecule has 0 unspecified atom stereocenters. The molecule has 1 aromatic heterocycles. The summed E-state index contributed by atoms with van der Waals surface area (Å²) in [5.74, 6) is -1.73. The van der Waals surface area contributed by atoms with Crippen LogP contribution in [0, 0.1) is 11.6 Å². The van der Waals surface area contributed by atoms with Crippen molar-refractivity contribution in [3.05, 3.63) is 52.2 Å². The Bertz CT molecular complexity index is 782. The molecule has 0 radical (unpaired) electrons. The molecule has 124 valence electrons. The largest absolute Gasteiger partial charge is 0.243 e. The van der Waals surface area contributed by atoms with E-state index in [1.807, 2.05) is 17.5 Å². The number of thiophene rings is 1. The maximum atomic E-state index is 13.8. The normalized spacial score (nSPS) is 17.5. The van der Waals surface area contributed by atoms with Crippen LogP contribution >= 0.6 is 11.3 Å². The molecule has 23 heavy (non-hydrogen) atoms. The first-order valence-corrected chi connectivity index (χ1v) is 9.78. The van der Waals surface area contributed by atoms with E-state index in [2.05, 4.69) is 4.72 Å². The molecule has 1 fully saturated rings. The van der Waals surface area contributed by atoms with Crippen molar-refractivity contribution in [1.82, 2.24) is 4.72 Å². The van der Waals surface area contributed by atoms with Gasteiger partial charge in [-0.3, -0.25) is 0 Å². The Balaban J connectivity index is 1.85. The van der Waals surface area contributed by atoms with Crippen LogP contribution in [0.2, 0.25) is 0 Å². The predicted molar refractivity (Wildman–Crippen MR) is 86.0 cm³/mol. The minimum Gasteiger partial charge on any atom is -0.210 e. The lowest BCUT2D eigenvalue weighted by molar-refractivity contribution is 0.439. The first-order valence-electron chi connectivity index (χ1n) is 7.42. The summed E-state index contributed by atoms with van der Waals surface area (Å²) in [5.41, 5.74) is -0.245. The number of benzene rings is 1. The molecule has 0 atom stereocenters. The Morgan fingerprint density at radius 3 is 2.57 bits per heavy atom. The van der Waals surface area contributed by atoms with Crippen molar-refractivity contribution in [3.8, 4) is 0 Å². The standard InChI is InChI=1S/C16H17F2NO2S2/c17-12-5-6-13(18)14(10-12)23(20,21)19-11-16(7-1-2-8-16)15-4-3-9-22-15/h3-6,9-10,19H,1-2,7-8,11H2. The third-order valence-electron chi connectivity index (χ3n) is 4.39. The minimum absolute atomic E-state index is 0.200. The summed E-state index contributed by atoms with van der Waals surface area (Å²) >= 11 is 1.60. The Morgan fingerprint density at radius 2 is 1.91 bits per heavy atom. The van der Waals surface area contributed by atoms with Crippen LogP contribution in [0.15, 0.2) is 40.6 Å². The van der Waals surface area contributed by atoms with Crippen LogP contribution in [0.4, 0.5) is 8.78 Å². The van der Waals surface area contributed by atoms with Gasteiger partial charge in [0.25, 0.3) is 0 Å². The van der Waals surface area contributed by atoms with Gasteiger partial charge in [-0.2, -0.15) is 0 Å². The Morgan fingerprint density at radius 1 is 1.17 bits per heavy atom. The van der Waals surface area contributed by atoms with Gasteiger partial charge in [0.05, 0.1) is 0 Å². The summed E-state index contributed by atoms with van der Waals surface area (Å²) in [7, 11) is -4.09. The van der Waals surface area contributed by atoms with Crippen LogP contribution in [0.25, 0.3) is 0 Å². The Kier molecular flexibility index (Phi) is 4.53. The zero-order valence-corrected chi connectivity index (χ0v) is 14.0. The third kappa shape index (κ3) is 3.32. The van der Waals surface area contributed by atoms with Crippen molar-refractivity contribution >= 4 is 21.4 Å². The first-order chi connectivity index (χ1) is 10.9. The van der Waals surface area contributed by atoms with Gasteiger partial charge in [0.15, 0.2) is 0 Å². The molecular weight excluding hydrogens is 340 g/mol. The third-order valence-corrected chi connectivity index (χ3v) is 6.92. The molecule has 1 aliphatic carbocycles. The van der Waals surface area contributed by atoms with Crippen molar-refractivity contribution in [2.45, 2.75) is 36.0 Å². The molecule has 1 aliphatic rings. The first kappa shape index (κ1) is 16.5. The number of hydrogen-bond donors (Lipinski definition) is 1. The van der Waals surface area contributed by atoms with Crippen LogP contribution in [-0.2, 0) is 15.4 Å². The van der Waals surface area contributed by atoms with E-state index in [-0.39, 0.29) is 12.0 Å². The van der Waals surface area contributed by atoms with E-state index in [1.54, 1.807) is 11.3 Å². The molecule has 1 N–H and O–H groups in total. The van der Waals surface area contributed by atoms with Crippen molar-refractivity contribution in [2.24, 2.45) is 0 Å². The predicted octanol–water partition coefficient (Wildman–Crippen LogP) is 3.82. The molecule has 2 aromatic rings. The number of sulfonamides is 1. The lowest BCUT2D eigenvalue weighted by Gasteiger charge is -2.28. The molecule has 3 rings (SSSR count). The number of hydrogen-bond acceptors (Lipinski definition) is 3. The second-order valence-electron chi connectivity index (χ2n) is 5.86. The summed E-state index contributed by atoms with van der Waals surface area (Å²) in [6.07, 6.45) is 3.85. The monoisotopic (exact) mass is 357 g/mol. The quantitative estimate of drug-likeness (QED) is 0.884. The molecule has 0 bridgehead atoms. The number of halogens is 2. The van der Waals surface area contributed by atoms with Crippen molar-refractivity contribution in [3.63, 3.8) is 0 Å². The Labute approximate surface area is 138 Å². The minimum atomic E-state index is -4.09. The highest BCUT2D eigenvalue weighted by Crippen LogP contribution is 2.42. The number of rotatable bonds is 5. The van der Waals surface area contributed by atoms with Crippen LogP contribution in [0.5, 0.6) is 0 Å². The maximum Gasteiger partial charge on any atom is 0.243 e. The zero-order chi connectivity index (χ0) is 16.5. The van der Waals surface area contributed by atoms with Gasteiger partial charge in [0.1, 0.15) is 16.5 Å². The highest BCUT2D eigenvalue weighted by Gasteiger charge is 2.37. The lowest BCUT2D eigenvalue weighted by atomic mass is 9.85. The van der Waals surface area contributed by atoms with Crippen LogP contribution in [0.1, 0.15) is 30.6 Å². The van der Waals surface area contributed by atoms with Gasteiger partial charge in [0, 0.05) is 16.8 Å². The van der Waals surface area contributed by atoms with Crippen molar-refractivity contribution in [1.29, 1.82) is 0 Å². The van der Waals surface area contributed by atoms with E-state index in [9.17, 15) is 17.2 Å². The molecule has 1 saturated carbocycles. The van der Waals surface area contributed by atoms with E-state index in [4.69, 9.17) is 0 Å². The highest BCUT2D eigenvalue weighted by atomic mass is 32.2. The summed E-state index contributed by atoms with van der Waals surface area (Å²) in [6, 6.07) is 6.39. The summed E-state index contributed by atoms with van der Waals surface area (Å²) in [4.78, 5) is 0.495. The van der Waals surface area contributed by atoms with Crippen molar-refractivity contribution in [2.75, 3.05) is 6.54 Å². The Hall–Kier alpha value is -1.31. The molecule has 0 aliphatic heterocycles. The molecule has 0 saturated heterocycles. The fourth-order valence-electron chi connectivity index (χ4n) is 3.14. The van der Waals surface area contributed by atoms with Crippen molar-refractivity contribution < 1.29 is 17.2 Å². The van der Waals surface area contributed by atoms with Gasteiger partial charge in [0.2, 0.25) is 10.0 Å².